The molecule has 11 heteroatoms. The Balaban J connectivity index is 1.81. The van der Waals surface area contributed by atoms with Crippen LogP contribution in [-0.4, -0.2) is 25.5 Å². The van der Waals surface area contributed by atoms with Crippen LogP contribution in [0.1, 0.15) is 21.7 Å². The Bertz CT molecular complexity index is 996. The highest BCUT2D eigenvalue weighted by Crippen LogP contribution is 2.35. The fourth-order valence-corrected chi connectivity index (χ4v) is 2.98. The summed E-state index contributed by atoms with van der Waals surface area (Å²) in [6.45, 7) is 0.404. The van der Waals surface area contributed by atoms with E-state index < -0.39 is 22.8 Å². The van der Waals surface area contributed by atoms with Crippen LogP contribution in [0.5, 0.6) is 0 Å². The zero-order chi connectivity index (χ0) is 19.8. The van der Waals surface area contributed by atoms with Crippen molar-refractivity contribution in [3.8, 4) is 0 Å². The largest absolute Gasteiger partial charge is 0.436 e. The number of hydrogen-bond acceptors (Lipinski definition) is 3. The predicted molar refractivity (Wildman–Crippen MR) is 94.0 cm³/mol. The summed E-state index contributed by atoms with van der Waals surface area (Å²) in [5, 5.41) is 9.63. The molecular weight excluding hydrogens is 406 g/mol. The Morgan fingerprint density at radius 2 is 2.04 bits per heavy atom. The van der Waals surface area contributed by atoms with E-state index in [9.17, 15) is 18.0 Å². The fraction of sp³-hybridized carbons (Fsp3) is 0.188. The van der Waals surface area contributed by atoms with E-state index in [0.29, 0.717) is 17.3 Å². The van der Waals surface area contributed by atoms with Crippen molar-refractivity contribution in [1.29, 1.82) is 0 Å². The van der Waals surface area contributed by atoms with E-state index in [0.717, 1.165) is 10.2 Å². The van der Waals surface area contributed by atoms with Crippen LogP contribution < -0.4 is 5.32 Å². The van der Waals surface area contributed by atoms with Gasteiger partial charge in [0.05, 0.1) is 17.8 Å². The van der Waals surface area contributed by atoms with E-state index in [4.69, 9.17) is 23.2 Å². The first kappa shape index (κ1) is 19.2. The summed E-state index contributed by atoms with van der Waals surface area (Å²) >= 11 is 11.5. The molecule has 0 fully saturated rings. The van der Waals surface area contributed by atoms with Crippen molar-refractivity contribution < 1.29 is 18.0 Å². The van der Waals surface area contributed by atoms with Gasteiger partial charge in [0.15, 0.2) is 5.69 Å². The molecule has 6 nitrogen and oxygen atoms in total. The quantitative estimate of drug-likeness (QED) is 0.690. The van der Waals surface area contributed by atoms with Gasteiger partial charge in [0.1, 0.15) is 10.7 Å². The minimum absolute atomic E-state index is 0.381. The zero-order valence-corrected chi connectivity index (χ0v) is 15.3. The van der Waals surface area contributed by atoms with Crippen LogP contribution in [0.25, 0.3) is 0 Å². The summed E-state index contributed by atoms with van der Waals surface area (Å²) in [7, 11) is 1.22. The van der Waals surface area contributed by atoms with Gasteiger partial charge in [-0.2, -0.15) is 23.4 Å². The number of nitrogens with one attached hydrogen (secondary N) is 1. The van der Waals surface area contributed by atoms with Crippen molar-refractivity contribution >= 4 is 34.8 Å². The molecule has 0 aliphatic rings. The second kappa shape index (κ2) is 7.24. The number of amides is 1. The molecule has 0 bridgehead atoms. The minimum Gasteiger partial charge on any atom is -0.321 e. The molecule has 1 aromatic carbocycles. The molecule has 3 aromatic rings. The number of nitrogens with zero attached hydrogens (tertiary/aromatic N) is 4. The zero-order valence-electron chi connectivity index (χ0n) is 13.8. The summed E-state index contributed by atoms with van der Waals surface area (Å²) in [4.78, 5) is 12.4. The molecule has 0 unspecified atom stereocenters. The number of halogens is 5. The first-order valence-electron chi connectivity index (χ1n) is 7.53. The molecule has 142 valence electrons. The van der Waals surface area contributed by atoms with Gasteiger partial charge in [-0.05, 0) is 17.7 Å². The third kappa shape index (κ3) is 4.25. The number of anilines is 1. The summed E-state index contributed by atoms with van der Waals surface area (Å²) in [6, 6.07) is 6.78. The smallest absolute Gasteiger partial charge is 0.321 e. The van der Waals surface area contributed by atoms with Gasteiger partial charge in [0, 0.05) is 18.9 Å². The second-order valence-electron chi connectivity index (χ2n) is 5.64. The predicted octanol–water partition coefficient (Wildman–Crippen LogP) is 4.24. The van der Waals surface area contributed by atoms with Gasteiger partial charge in [-0.3, -0.25) is 14.2 Å². The maximum Gasteiger partial charge on any atom is 0.436 e. The van der Waals surface area contributed by atoms with Gasteiger partial charge in [0.2, 0.25) is 0 Å². The summed E-state index contributed by atoms with van der Waals surface area (Å²) in [5.41, 5.74) is -0.490. The maximum absolute atomic E-state index is 12.9. The highest BCUT2D eigenvalue weighted by molar-refractivity contribution is 6.34. The van der Waals surface area contributed by atoms with Crippen LogP contribution in [0.2, 0.25) is 10.0 Å². The van der Waals surface area contributed by atoms with E-state index >= 15 is 0 Å². The molecule has 0 atom stereocenters. The average Bonchev–Trinajstić information content (AvgIpc) is 3.10. The number of aryl methyl sites for hydroxylation is 1. The van der Waals surface area contributed by atoms with Crippen molar-refractivity contribution in [3.63, 3.8) is 0 Å². The molecule has 0 spiro atoms. The standard InChI is InChI=1S/C16H12Cl2F3N5O/c1-25-13(12(18)14(24-25)16(19,20)21)15(27)23-11-4-2-3-9(5-11)7-26-8-10(17)6-22-26/h2-6,8H,7H2,1H3,(H,23,27). The van der Waals surface area contributed by atoms with Crippen molar-refractivity contribution in [2.75, 3.05) is 5.32 Å². The molecule has 2 aromatic heterocycles. The lowest BCUT2D eigenvalue weighted by molar-refractivity contribution is -0.141. The van der Waals surface area contributed by atoms with Gasteiger partial charge in [-0.15, -0.1) is 0 Å². The molecular formula is C16H12Cl2F3N5O. The van der Waals surface area contributed by atoms with Crippen LogP contribution in [0.3, 0.4) is 0 Å². The van der Waals surface area contributed by atoms with Crippen LogP contribution in [-0.2, 0) is 19.8 Å². The lowest BCUT2D eigenvalue weighted by atomic mass is 10.2. The van der Waals surface area contributed by atoms with Crippen molar-refractivity contribution in [3.05, 3.63) is 63.7 Å². The van der Waals surface area contributed by atoms with Gasteiger partial charge in [0.25, 0.3) is 5.91 Å². The van der Waals surface area contributed by atoms with Crippen molar-refractivity contribution in [2.24, 2.45) is 7.05 Å². The molecule has 1 N–H and O–H groups in total. The van der Waals surface area contributed by atoms with Crippen LogP contribution >= 0.6 is 23.2 Å². The number of alkyl halides is 3. The van der Waals surface area contributed by atoms with Crippen molar-refractivity contribution in [2.45, 2.75) is 12.7 Å². The lowest BCUT2D eigenvalue weighted by Gasteiger charge is -2.08. The molecule has 2 heterocycles. The summed E-state index contributed by atoms with van der Waals surface area (Å²) in [5.74, 6) is -0.801. The second-order valence-corrected chi connectivity index (χ2v) is 6.46. The normalized spacial score (nSPS) is 11.6. The highest BCUT2D eigenvalue weighted by Gasteiger charge is 2.39. The molecule has 0 aliphatic heterocycles. The summed E-state index contributed by atoms with van der Waals surface area (Å²) < 4.78 is 41.1. The molecule has 0 saturated heterocycles. The molecule has 27 heavy (non-hydrogen) atoms. The Morgan fingerprint density at radius 1 is 1.30 bits per heavy atom. The molecule has 0 radical (unpaired) electrons. The molecule has 0 aliphatic carbocycles. The third-order valence-electron chi connectivity index (χ3n) is 3.60. The number of carbonyl (C=O) groups excluding carboxylic acids is 1. The number of carbonyl (C=O) groups is 1. The van der Waals surface area contributed by atoms with Crippen LogP contribution in [0.4, 0.5) is 18.9 Å². The monoisotopic (exact) mass is 417 g/mol. The molecule has 0 saturated carbocycles. The van der Waals surface area contributed by atoms with E-state index in [1.165, 1.54) is 13.2 Å². The number of rotatable bonds is 4. The van der Waals surface area contributed by atoms with Gasteiger partial charge in [-0.25, -0.2) is 0 Å². The van der Waals surface area contributed by atoms with E-state index in [1.54, 1.807) is 29.1 Å². The Hall–Kier alpha value is -2.52. The Morgan fingerprint density at radius 3 is 2.63 bits per heavy atom. The topological polar surface area (TPSA) is 64.7 Å². The van der Waals surface area contributed by atoms with Gasteiger partial charge >= 0.3 is 6.18 Å². The Kier molecular flexibility index (Phi) is 5.16. The van der Waals surface area contributed by atoms with E-state index in [-0.39, 0.29) is 5.69 Å². The van der Waals surface area contributed by atoms with Crippen LogP contribution in [0, 0.1) is 0 Å². The fourth-order valence-electron chi connectivity index (χ4n) is 2.48. The lowest BCUT2D eigenvalue weighted by Crippen LogP contribution is -2.16. The van der Waals surface area contributed by atoms with Crippen molar-refractivity contribution in [1.82, 2.24) is 19.6 Å². The first-order valence-corrected chi connectivity index (χ1v) is 8.28. The number of benzene rings is 1. The highest BCUT2D eigenvalue weighted by atomic mass is 35.5. The molecule has 1 amide bonds. The van der Waals surface area contributed by atoms with Gasteiger partial charge in [-0.1, -0.05) is 35.3 Å². The third-order valence-corrected chi connectivity index (χ3v) is 4.16. The number of hydrogen-bond donors (Lipinski definition) is 1. The first-order chi connectivity index (χ1) is 12.6. The SMILES string of the molecule is Cn1nc(C(F)(F)F)c(Cl)c1C(=O)Nc1cccc(Cn2cc(Cl)cn2)c1. The van der Waals surface area contributed by atoms with E-state index in [2.05, 4.69) is 15.5 Å². The number of aromatic nitrogens is 4. The minimum atomic E-state index is -4.75. The Labute approximate surface area is 161 Å². The summed E-state index contributed by atoms with van der Waals surface area (Å²) in [6.07, 6.45) is -1.62. The van der Waals surface area contributed by atoms with Gasteiger partial charge < -0.3 is 5.32 Å². The molecule has 3 rings (SSSR count). The average molecular weight is 418 g/mol. The maximum atomic E-state index is 12.9. The van der Waals surface area contributed by atoms with E-state index in [1.807, 2.05) is 6.07 Å². The van der Waals surface area contributed by atoms with Crippen LogP contribution in [0.15, 0.2) is 36.7 Å².